The highest BCUT2D eigenvalue weighted by Gasteiger charge is 2.28. The second-order valence-electron chi connectivity index (χ2n) is 5.93. The van der Waals surface area contributed by atoms with Crippen LogP contribution in [0.2, 0.25) is 0 Å². The van der Waals surface area contributed by atoms with Crippen LogP contribution in [0.25, 0.3) is 11.1 Å². The molecule has 0 aromatic heterocycles. The summed E-state index contributed by atoms with van der Waals surface area (Å²) in [6.07, 6.45) is 1.24. The van der Waals surface area contributed by atoms with E-state index in [0.29, 0.717) is 0 Å². The maximum atomic E-state index is 11.3. The van der Waals surface area contributed by atoms with Gasteiger partial charge in [-0.1, -0.05) is 42.5 Å². The van der Waals surface area contributed by atoms with Crippen LogP contribution in [-0.4, -0.2) is 13.0 Å². The number of amides is 1. The smallest absolute Gasteiger partial charge is 0.219 e. The molecule has 0 radical (unpaired) electrons. The number of primary amides is 1. The van der Waals surface area contributed by atoms with Gasteiger partial charge in [0.1, 0.15) is 0 Å². The fourth-order valence-electron chi connectivity index (χ4n) is 3.17. The summed E-state index contributed by atoms with van der Waals surface area (Å²) in [4.78, 5) is 11.3. The van der Waals surface area contributed by atoms with Gasteiger partial charge in [0.2, 0.25) is 5.91 Å². The zero-order chi connectivity index (χ0) is 15.0. The molecular weight excluding hydrogens is 260 g/mol. The van der Waals surface area contributed by atoms with Crippen molar-refractivity contribution in [2.45, 2.75) is 25.3 Å². The van der Waals surface area contributed by atoms with Gasteiger partial charge in [-0.2, -0.15) is 0 Å². The van der Waals surface area contributed by atoms with Gasteiger partial charge < -0.3 is 11.1 Å². The number of hydrogen-bond acceptors (Lipinski definition) is 2. The lowest BCUT2D eigenvalue weighted by atomic mass is 9.86. The van der Waals surface area contributed by atoms with Crippen LogP contribution in [0, 0.1) is 0 Å². The molecule has 3 heteroatoms. The van der Waals surface area contributed by atoms with E-state index < -0.39 is 5.54 Å². The predicted octanol–water partition coefficient (Wildman–Crippen LogP) is 2.57. The van der Waals surface area contributed by atoms with Crippen molar-refractivity contribution in [1.29, 1.82) is 0 Å². The lowest BCUT2D eigenvalue weighted by molar-refractivity contribution is -0.119. The molecule has 0 spiro atoms. The molecule has 0 aliphatic heterocycles. The molecule has 0 saturated heterocycles. The van der Waals surface area contributed by atoms with Crippen molar-refractivity contribution < 1.29 is 4.79 Å². The molecule has 1 atom stereocenters. The summed E-state index contributed by atoms with van der Waals surface area (Å²) in [6.45, 7) is 2.02. The van der Waals surface area contributed by atoms with Crippen LogP contribution in [0.4, 0.5) is 0 Å². The van der Waals surface area contributed by atoms with E-state index in [4.69, 9.17) is 5.73 Å². The number of hydrogen-bond donors (Lipinski definition) is 2. The maximum Gasteiger partial charge on any atom is 0.219 e. The quantitative estimate of drug-likeness (QED) is 0.771. The molecule has 3 rings (SSSR count). The molecule has 3 nitrogen and oxygen atoms in total. The summed E-state index contributed by atoms with van der Waals surface area (Å²) in [5.41, 5.74) is 11.4. The highest BCUT2D eigenvalue weighted by atomic mass is 16.1. The van der Waals surface area contributed by atoms with Crippen LogP contribution in [0.5, 0.6) is 0 Å². The molecule has 21 heavy (non-hydrogen) atoms. The Labute approximate surface area is 125 Å². The van der Waals surface area contributed by atoms with Crippen LogP contribution >= 0.6 is 0 Å². The molecule has 3 N–H and O–H groups in total. The summed E-state index contributed by atoms with van der Waals surface area (Å²) in [5.74, 6) is -0.296. The van der Waals surface area contributed by atoms with Crippen LogP contribution in [0.15, 0.2) is 42.5 Å². The van der Waals surface area contributed by atoms with Crippen LogP contribution in [0.1, 0.15) is 30.0 Å². The Hall–Kier alpha value is -2.13. The highest BCUT2D eigenvalue weighted by Crippen LogP contribution is 2.38. The van der Waals surface area contributed by atoms with Crippen LogP contribution in [-0.2, 0) is 16.8 Å². The Morgan fingerprint density at radius 1 is 1.19 bits per heavy atom. The first kappa shape index (κ1) is 13.8. The Bertz CT molecular complexity index is 708. The molecule has 0 bridgehead atoms. The Kier molecular flexibility index (Phi) is 3.30. The standard InChI is InChI=1S/C18H20N2O/c1-18(20-2,11-17(19)21)14-7-8-16-13(10-14)9-12-5-3-4-6-15(12)16/h3-8,10,20H,9,11H2,1-2H3,(H2,19,21). The van der Waals surface area contributed by atoms with E-state index in [-0.39, 0.29) is 12.3 Å². The Balaban J connectivity index is 2.02. The summed E-state index contributed by atoms with van der Waals surface area (Å²) >= 11 is 0. The largest absolute Gasteiger partial charge is 0.370 e. The topological polar surface area (TPSA) is 55.1 Å². The van der Waals surface area contributed by atoms with Gasteiger partial charge in [-0.15, -0.1) is 0 Å². The molecule has 1 amide bonds. The zero-order valence-electron chi connectivity index (χ0n) is 12.4. The molecular formula is C18H20N2O. The van der Waals surface area contributed by atoms with Gasteiger partial charge in [-0.05, 0) is 48.2 Å². The van der Waals surface area contributed by atoms with Gasteiger partial charge in [-0.25, -0.2) is 0 Å². The minimum atomic E-state index is -0.421. The fourth-order valence-corrected chi connectivity index (χ4v) is 3.17. The minimum absolute atomic E-state index is 0.287. The van der Waals surface area contributed by atoms with Gasteiger partial charge in [0, 0.05) is 12.0 Å². The third-order valence-electron chi connectivity index (χ3n) is 4.51. The van der Waals surface area contributed by atoms with Crippen molar-refractivity contribution in [3.63, 3.8) is 0 Å². The van der Waals surface area contributed by atoms with Gasteiger partial charge in [0.25, 0.3) is 0 Å². The first-order valence-electron chi connectivity index (χ1n) is 7.22. The number of rotatable bonds is 4. The molecule has 0 heterocycles. The Morgan fingerprint density at radius 2 is 1.90 bits per heavy atom. The second-order valence-corrected chi connectivity index (χ2v) is 5.93. The van der Waals surface area contributed by atoms with Crippen molar-refractivity contribution in [1.82, 2.24) is 5.32 Å². The average Bonchev–Trinajstić information content (AvgIpc) is 2.84. The third-order valence-corrected chi connectivity index (χ3v) is 4.51. The number of carbonyl (C=O) groups excluding carboxylic acids is 1. The van der Waals surface area contributed by atoms with Crippen molar-refractivity contribution in [2.24, 2.45) is 5.73 Å². The van der Waals surface area contributed by atoms with Gasteiger partial charge in [-0.3, -0.25) is 4.79 Å². The van der Waals surface area contributed by atoms with E-state index in [1.807, 2.05) is 14.0 Å². The number of nitrogens with two attached hydrogens (primary N) is 1. The molecule has 1 aliphatic rings. The summed E-state index contributed by atoms with van der Waals surface area (Å²) in [6, 6.07) is 15.0. The lowest BCUT2D eigenvalue weighted by Crippen LogP contribution is -2.40. The number of fused-ring (bicyclic) bond motifs is 3. The Morgan fingerprint density at radius 3 is 2.62 bits per heavy atom. The summed E-state index contributed by atoms with van der Waals surface area (Å²) < 4.78 is 0. The lowest BCUT2D eigenvalue weighted by Gasteiger charge is -2.29. The van der Waals surface area contributed by atoms with Crippen molar-refractivity contribution >= 4 is 5.91 Å². The highest BCUT2D eigenvalue weighted by molar-refractivity contribution is 5.78. The van der Waals surface area contributed by atoms with Crippen LogP contribution < -0.4 is 11.1 Å². The minimum Gasteiger partial charge on any atom is -0.370 e. The molecule has 1 aliphatic carbocycles. The molecule has 2 aromatic carbocycles. The second kappa shape index (κ2) is 5.01. The van der Waals surface area contributed by atoms with Gasteiger partial charge >= 0.3 is 0 Å². The fraction of sp³-hybridized carbons (Fsp3) is 0.278. The average molecular weight is 280 g/mol. The summed E-state index contributed by atoms with van der Waals surface area (Å²) in [7, 11) is 1.87. The first-order valence-corrected chi connectivity index (χ1v) is 7.22. The van der Waals surface area contributed by atoms with E-state index in [9.17, 15) is 4.79 Å². The molecule has 1 unspecified atom stereocenters. The van der Waals surface area contributed by atoms with E-state index in [1.54, 1.807) is 0 Å². The maximum absolute atomic E-state index is 11.3. The number of nitrogens with one attached hydrogen (secondary N) is 1. The van der Waals surface area contributed by atoms with Gasteiger partial charge in [0.05, 0.1) is 0 Å². The van der Waals surface area contributed by atoms with Crippen molar-refractivity contribution in [2.75, 3.05) is 7.05 Å². The van der Waals surface area contributed by atoms with Crippen molar-refractivity contribution in [3.05, 3.63) is 59.2 Å². The van der Waals surface area contributed by atoms with Gasteiger partial charge in [0.15, 0.2) is 0 Å². The van der Waals surface area contributed by atoms with E-state index >= 15 is 0 Å². The van der Waals surface area contributed by atoms with E-state index in [1.165, 1.54) is 22.3 Å². The molecule has 108 valence electrons. The normalized spacial score (nSPS) is 15.1. The first-order chi connectivity index (χ1) is 10.0. The van der Waals surface area contributed by atoms with E-state index in [2.05, 4.69) is 47.8 Å². The summed E-state index contributed by atoms with van der Waals surface area (Å²) in [5, 5.41) is 3.24. The number of benzene rings is 2. The zero-order valence-corrected chi connectivity index (χ0v) is 12.4. The third kappa shape index (κ3) is 2.34. The monoisotopic (exact) mass is 280 g/mol. The molecule has 0 saturated carbocycles. The number of carbonyl (C=O) groups is 1. The predicted molar refractivity (Wildman–Crippen MR) is 84.9 cm³/mol. The van der Waals surface area contributed by atoms with E-state index in [0.717, 1.165) is 12.0 Å². The SMILES string of the molecule is CNC(C)(CC(N)=O)c1ccc2c(c1)Cc1ccccc1-2. The molecule has 2 aromatic rings. The molecule has 0 fully saturated rings. The van der Waals surface area contributed by atoms with Crippen LogP contribution in [0.3, 0.4) is 0 Å². The van der Waals surface area contributed by atoms with Crippen molar-refractivity contribution in [3.8, 4) is 11.1 Å².